The van der Waals surface area contributed by atoms with Crippen LogP contribution in [0, 0.1) is 0 Å². The number of hydrogen-bond acceptors (Lipinski definition) is 4. The second-order valence-electron chi connectivity index (χ2n) is 5.86. The second kappa shape index (κ2) is 9.46. The highest BCUT2D eigenvalue weighted by atomic mass is 16.5. The van der Waals surface area contributed by atoms with Gasteiger partial charge in [-0.3, -0.25) is 9.59 Å². The Morgan fingerprint density at radius 3 is 1.96 bits per heavy atom. The van der Waals surface area contributed by atoms with E-state index in [1.807, 2.05) is 36.4 Å². The molecule has 1 atom stereocenters. The highest BCUT2D eigenvalue weighted by Crippen LogP contribution is 2.20. The van der Waals surface area contributed by atoms with Gasteiger partial charge < -0.3 is 20.1 Å². The van der Waals surface area contributed by atoms with Gasteiger partial charge in [-0.1, -0.05) is 24.3 Å². The lowest BCUT2D eigenvalue weighted by atomic mass is 10.0. The fourth-order valence-corrected chi connectivity index (χ4v) is 2.54. The minimum atomic E-state index is -0.394. The van der Waals surface area contributed by atoms with E-state index in [2.05, 4.69) is 10.6 Å². The number of amides is 2. The van der Waals surface area contributed by atoms with Crippen molar-refractivity contribution in [2.45, 2.75) is 25.9 Å². The first kappa shape index (κ1) is 19.3. The lowest BCUT2D eigenvalue weighted by Crippen LogP contribution is -2.32. The topological polar surface area (TPSA) is 76.7 Å². The minimum absolute atomic E-state index is 0.143. The summed E-state index contributed by atoms with van der Waals surface area (Å²) in [7, 11) is 3.20. The van der Waals surface area contributed by atoms with E-state index in [4.69, 9.17) is 9.47 Å². The third-order valence-electron chi connectivity index (χ3n) is 3.93. The molecule has 0 saturated heterocycles. The van der Waals surface area contributed by atoms with E-state index < -0.39 is 6.04 Å². The summed E-state index contributed by atoms with van der Waals surface area (Å²) >= 11 is 0. The van der Waals surface area contributed by atoms with Crippen LogP contribution >= 0.6 is 0 Å². The Labute approximate surface area is 153 Å². The van der Waals surface area contributed by atoms with Crippen molar-refractivity contribution >= 4 is 11.8 Å². The van der Waals surface area contributed by atoms with E-state index in [9.17, 15) is 9.59 Å². The Morgan fingerprint density at radius 2 is 1.46 bits per heavy atom. The molecule has 0 aromatic heterocycles. The van der Waals surface area contributed by atoms with Crippen LogP contribution in [0.2, 0.25) is 0 Å². The van der Waals surface area contributed by atoms with Crippen LogP contribution in [0.25, 0.3) is 0 Å². The third kappa shape index (κ3) is 5.81. The van der Waals surface area contributed by atoms with Gasteiger partial charge in [0.15, 0.2) is 0 Å². The van der Waals surface area contributed by atoms with Gasteiger partial charge in [-0.2, -0.15) is 0 Å². The molecule has 6 heteroatoms. The van der Waals surface area contributed by atoms with Crippen molar-refractivity contribution < 1.29 is 19.1 Å². The van der Waals surface area contributed by atoms with E-state index >= 15 is 0 Å². The molecule has 6 nitrogen and oxygen atoms in total. The monoisotopic (exact) mass is 356 g/mol. The van der Waals surface area contributed by atoms with Gasteiger partial charge in [-0.25, -0.2) is 0 Å². The predicted octanol–water partition coefficient (Wildman–Crippen LogP) is 2.59. The fraction of sp³-hybridized carbons (Fsp3) is 0.300. The lowest BCUT2D eigenvalue weighted by Gasteiger charge is -2.18. The van der Waals surface area contributed by atoms with Gasteiger partial charge in [0, 0.05) is 13.5 Å². The smallest absolute Gasteiger partial charge is 0.222 e. The summed E-state index contributed by atoms with van der Waals surface area (Å²) in [5, 5.41) is 5.70. The third-order valence-corrected chi connectivity index (χ3v) is 3.93. The summed E-state index contributed by atoms with van der Waals surface area (Å²) in [4.78, 5) is 23.8. The van der Waals surface area contributed by atoms with Crippen molar-refractivity contribution in [1.29, 1.82) is 0 Å². The number of methoxy groups -OCH3 is 2. The van der Waals surface area contributed by atoms with Gasteiger partial charge in [-0.05, 0) is 35.4 Å². The molecule has 2 N–H and O–H groups in total. The molecule has 2 aromatic carbocycles. The molecule has 0 aliphatic rings. The first-order chi connectivity index (χ1) is 12.5. The van der Waals surface area contributed by atoms with Crippen LogP contribution in [-0.4, -0.2) is 26.0 Å². The first-order valence-corrected chi connectivity index (χ1v) is 8.32. The minimum Gasteiger partial charge on any atom is -0.497 e. The fourth-order valence-electron chi connectivity index (χ4n) is 2.54. The zero-order valence-electron chi connectivity index (χ0n) is 15.2. The van der Waals surface area contributed by atoms with Crippen LogP contribution in [0.5, 0.6) is 11.5 Å². The summed E-state index contributed by atoms with van der Waals surface area (Å²) in [6.07, 6.45) is 0.155. The zero-order valence-corrected chi connectivity index (χ0v) is 15.2. The molecular formula is C20H24N2O4. The van der Waals surface area contributed by atoms with Crippen molar-refractivity contribution in [3.05, 3.63) is 59.7 Å². The molecule has 2 aromatic rings. The molecule has 1 unspecified atom stereocenters. The van der Waals surface area contributed by atoms with Crippen LogP contribution < -0.4 is 20.1 Å². The molecule has 138 valence electrons. The van der Waals surface area contributed by atoms with E-state index in [0.717, 1.165) is 22.6 Å². The van der Waals surface area contributed by atoms with E-state index in [1.54, 1.807) is 26.4 Å². The average molecular weight is 356 g/mol. The molecule has 0 heterocycles. The van der Waals surface area contributed by atoms with Gasteiger partial charge in [0.05, 0.1) is 26.7 Å². The van der Waals surface area contributed by atoms with Crippen molar-refractivity contribution in [2.24, 2.45) is 0 Å². The maximum absolute atomic E-state index is 12.3. The molecule has 26 heavy (non-hydrogen) atoms. The Hall–Kier alpha value is -3.02. The highest BCUT2D eigenvalue weighted by Gasteiger charge is 2.17. The summed E-state index contributed by atoms with van der Waals surface area (Å²) in [6.45, 7) is 1.85. The number of hydrogen-bond donors (Lipinski definition) is 2. The van der Waals surface area contributed by atoms with Crippen LogP contribution in [0.3, 0.4) is 0 Å². The molecule has 0 spiro atoms. The Morgan fingerprint density at radius 1 is 0.923 bits per heavy atom. The van der Waals surface area contributed by atoms with E-state index in [1.165, 1.54) is 6.92 Å². The Kier molecular flexibility index (Phi) is 7.02. The first-order valence-electron chi connectivity index (χ1n) is 8.32. The Balaban J connectivity index is 1.97. The van der Waals surface area contributed by atoms with Crippen molar-refractivity contribution in [2.75, 3.05) is 14.2 Å². The van der Waals surface area contributed by atoms with E-state index in [0.29, 0.717) is 6.54 Å². The van der Waals surface area contributed by atoms with Gasteiger partial charge in [0.2, 0.25) is 11.8 Å². The molecular weight excluding hydrogens is 332 g/mol. The summed E-state index contributed by atoms with van der Waals surface area (Å²) in [5.74, 6) is 1.16. The average Bonchev–Trinajstić information content (AvgIpc) is 2.66. The SMILES string of the molecule is COc1ccc(CNC(=O)CC(NC(C)=O)c2ccc(OC)cc2)cc1. The summed E-state index contributed by atoms with van der Waals surface area (Å²) < 4.78 is 10.3. The molecule has 0 aliphatic carbocycles. The number of carbonyl (C=O) groups excluding carboxylic acids is 2. The molecule has 2 rings (SSSR count). The van der Waals surface area contributed by atoms with Crippen LogP contribution in [0.15, 0.2) is 48.5 Å². The summed E-state index contributed by atoms with van der Waals surface area (Å²) in [5.41, 5.74) is 1.82. The van der Waals surface area contributed by atoms with Crippen LogP contribution in [0.1, 0.15) is 30.5 Å². The highest BCUT2D eigenvalue weighted by molar-refractivity contribution is 5.79. The van der Waals surface area contributed by atoms with Crippen molar-refractivity contribution in [3.8, 4) is 11.5 Å². The maximum Gasteiger partial charge on any atom is 0.222 e. The number of ether oxygens (including phenoxy) is 2. The summed E-state index contributed by atoms with van der Waals surface area (Å²) in [6, 6.07) is 14.4. The standard InChI is InChI=1S/C20H24N2O4/c1-14(23)22-19(16-6-10-18(26-3)11-7-16)12-20(24)21-13-15-4-8-17(25-2)9-5-15/h4-11,19H,12-13H2,1-3H3,(H,21,24)(H,22,23). The zero-order chi connectivity index (χ0) is 18.9. The second-order valence-corrected chi connectivity index (χ2v) is 5.86. The molecule has 2 amide bonds. The molecule has 0 bridgehead atoms. The van der Waals surface area contributed by atoms with Crippen LogP contribution in [0.4, 0.5) is 0 Å². The maximum atomic E-state index is 12.3. The molecule has 0 fully saturated rings. The number of benzene rings is 2. The lowest BCUT2D eigenvalue weighted by molar-refractivity contribution is -0.122. The number of carbonyl (C=O) groups is 2. The molecule has 0 aliphatic heterocycles. The van der Waals surface area contributed by atoms with E-state index in [-0.39, 0.29) is 18.2 Å². The predicted molar refractivity (Wildman–Crippen MR) is 99.0 cm³/mol. The van der Waals surface area contributed by atoms with Crippen LogP contribution in [-0.2, 0) is 16.1 Å². The van der Waals surface area contributed by atoms with Crippen molar-refractivity contribution in [3.63, 3.8) is 0 Å². The van der Waals surface area contributed by atoms with Gasteiger partial charge in [-0.15, -0.1) is 0 Å². The number of nitrogens with one attached hydrogen (secondary N) is 2. The van der Waals surface area contributed by atoms with Gasteiger partial charge in [0.1, 0.15) is 11.5 Å². The van der Waals surface area contributed by atoms with Gasteiger partial charge in [0.25, 0.3) is 0 Å². The quantitative estimate of drug-likeness (QED) is 0.762. The largest absolute Gasteiger partial charge is 0.497 e. The Bertz CT molecular complexity index is 726. The van der Waals surface area contributed by atoms with Gasteiger partial charge >= 0.3 is 0 Å². The number of rotatable bonds is 8. The normalized spacial score (nSPS) is 11.3. The van der Waals surface area contributed by atoms with Crippen molar-refractivity contribution in [1.82, 2.24) is 10.6 Å². The molecule has 0 radical (unpaired) electrons. The molecule has 0 saturated carbocycles.